The third-order valence-corrected chi connectivity index (χ3v) is 3.09. The van der Waals surface area contributed by atoms with Crippen LogP contribution in [0.2, 0.25) is 5.02 Å². The van der Waals surface area contributed by atoms with Crippen molar-refractivity contribution in [1.82, 2.24) is 15.2 Å². The van der Waals surface area contributed by atoms with Crippen molar-refractivity contribution < 1.29 is 4.39 Å². The molecule has 0 saturated carbocycles. The summed E-state index contributed by atoms with van der Waals surface area (Å²) in [7, 11) is 0. The summed E-state index contributed by atoms with van der Waals surface area (Å²) in [5, 5.41) is 7.48. The molecule has 3 aromatic rings. The van der Waals surface area contributed by atoms with Gasteiger partial charge in [0, 0.05) is 21.8 Å². The molecule has 0 bridgehead atoms. The number of hydrogen-bond acceptors (Lipinski definition) is 3. The van der Waals surface area contributed by atoms with Crippen LogP contribution in [0.1, 0.15) is 0 Å². The molecule has 1 aromatic heterocycles. The molecule has 6 heteroatoms. The smallest absolute Gasteiger partial charge is 0.181 e. The molecule has 0 aliphatic heterocycles. The van der Waals surface area contributed by atoms with Crippen LogP contribution in [0, 0.1) is 5.82 Å². The minimum Gasteiger partial charge on any atom is -0.398 e. The van der Waals surface area contributed by atoms with E-state index in [4.69, 9.17) is 17.3 Å². The lowest BCUT2D eigenvalue weighted by molar-refractivity contribution is 0.628. The van der Waals surface area contributed by atoms with Gasteiger partial charge in [-0.15, -0.1) is 0 Å². The Balaban J connectivity index is 2.01. The Morgan fingerprint density at radius 3 is 2.60 bits per heavy atom. The van der Waals surface area contributed by atoms with Gasteiger partial charge >= 0.3 is 0 Å². The molecule has 0 atom stereocenters. The molecule has 0 radical (unpaired) electrons. The van der Waals surface area contributed by atoms with Gasteiger partial charge in [0.05, 0.1) is 0 Å². The molecule has 3 rings (SSSR count). The number of rotatable bonds is 2. The van der Waals surface area contributed by atoms with Crippen molar-refractivity contribution in [2.24, 2.45) is 0 Å². The number of benzene rings is 2. The number of H-pyrrole nitrogens is 1. The Bertz CT molecular complexity index is 752. The first kappa shape index (κ1) is 12.6. The summed E-state index contributed by atoms with van der Waals surface area (Å²) in [6, 6.07) is 11.1. The van der Waals surface area contributed by atoms with E-state index in [9.17, 15) is 4.39 Å². The highest BCUT2D eigenvalue weighted by Crippen LogP contribution is 2.27. The van der Waals surface area contributed by atoms with Crippen molar-refractivity contribution in [3.05, 3.63) is 53.3 Å². The maximum absolute atomic E-state index is 12.9. The summed E-state index contributed by atoms with van der Waals surface area (Å²) in [6.45, 7) is 0. The van der Waals surface area contributed by atoms with Gasteiger partial charge in [0.15, 0.2) is 11.6 Å². The maximum Gasteiger partial charge on any atom is 0.181 e. The van der Waals surface area contributed by atoms with Gasteiger partial charge in [-0.25, -0.2) is 9.37 Å². The summed E-state index contributed by atoms with van der Waals surface area (Å²) in [5.74, 6) is 0.687. The van der Waals surface area contributed by atoms with Crippen LogP contribution < -0.4 is 5.73 Å². The average Bonchev–Trinajstić information content (AvgIpc) is 2.92. The van der Waals surface area contributed by atoms with Crippen LogP contribution in [0.15, 0.2) is 42.5 Å². The lowest BCUT2D eigenvalue weighted by Crippen LogP contribution is -1.91. The number of nitrogen functional groups attached to an aromatic ring is 1. The molecular formula is C14H10ClFN4. The topological polar surface area (TPSA) is 67.6 Å². The van der Waals surface area contributed by atoms with Gasteiger partial charge in [-0.2, -0.15) is 5.10 Å². The van der Waals surface area contributed by atoms with E-state index in [0.29, 0.717) is 27.9 Å². The lowest BCUT2D eigenvalue weighted by Gasteiger charge is -2.01. The van der Waals surface area contributed by atoms with E-state index in [1.165, 1.54) is 12.1 Å². The molecule has 100 valence electrons. The zero-order valence-corrected chi connectivity index (χ0v) is 11.0. The van der Waals surface area contributed by atoms with Crippen LogP contribution in [0.25, 0.3) is 22.8 Å². The highest BCUT2D eigenvalue weighted by molar-refractivity contribution is 6.31. The van der Waals surface area contributed by atoms with Gasteiger partial charge in [0.1, 0.15) is 5.82 Å². The van der Waals surface area contributed by atoms with Crippen LogP contribution in [0.3, 0.4) is 0 Å². The first-order valence-electron chi connectivity index (χ1n) is 5.87. The van der Waals surface area contributed by atoms with Crippen LogP contribution in [0.4, 0.5) is 10.1 Å². The molecule has 0 saturated heterocycles. The zero-order valence-electron chi connectivity index (χ0n) is 10.3. The molecule has 4 nitrogen and oxygen atoms in total. The Hall–Kier alpha value is -2.40. The van der Waals surface area contributed by atoms with Crippen molar-refractivity contribution in [2.45, 2.75) is 0 Å². The molecule has 0 spiro atoms. The summed E-state index contributed by atoms with van der Waals surface area (Å²) in [4.78, 5) is 4.35. The fourth-order valence-corrected chi connectivity index (χ4v) is 2.02. The second kappa shape index (κ2) is 4.94. The molecule has 3 N–H and O–H groups in total. The van der Waals surface area contributed by atoms with Gasteiger partial charge < -0.3 is 5.73 Å². The maximum atomic E-state index is 12.9. The van der Waals surface area contributed by atoms with Gasteiger partial charge in [-0.1, -0.05) is 11.6 Å². The van der Waals surface area contributed by atoms with E-state index in [-0.39, 0.29) is 5.82 Å². The van der Waals surface area contributed by atoms with Gasteiger partial charge in [0.2, 0.25) is 0 Å². The fourth-order valence-electron chi connectivity index (χ4n) is 1.84. The quantitative estimate of drug-likeness (QED) is 0.709. The second-order valence-corrected chi connectivity index (χ2v) is 4.68. The minimum absolute atomic E-state index is 0.302. The van der Waals surface area contributed by atoms with Crippen molar-refractivity contribution in [2.75, 3.05) is 5.73 Å². The summed E-state index contributed by atoms with van der Waals surface area (Å²) in [6.07, 6.45) is 0. The van der Waals surface area contributed by atoms with Gasteiger partial charge in [-0.05, 0) is 42.5 Å². The standard InChI is InChI=1S/C14H10ClFN4/c15-9-3-6-12(17)11(7-9)14-18-13(19-20-14)8-1-4-10(16)5-2-8/h1-7H,17H2,(H,18,19,20). The van der Waals surface area contributed by atoms with Crippen molar-refractivity contribution in [3.63, 3.8) is 0 Å². The normalized spacial score (nSPS) is 10.7. The average molecular weight is 289 g/mol. The monoisotopic (exact) mass is 288 g/mol. The number of nitrogens with zero attached hydrogens (tertiary/aromatic N) is 2. The second-order valence-electron chi connectivity index (χ2n) is 4.25. The van der Waals surface area contributed by atoms with E-state index < -0.39 is 0 Å². The van der Waals surface area contributed by atoms with E-state index in [0.717, 1.165) is 5.56 Å². The Morgan fingerprint density at radius 1 is 1.10 bits per heavy atom. The van der Waals surface area contributed by atoms with E-state index >= 15 is 0 Å². The predicted molar refractivity (Wildman–Crippen MR) is 76.6 cm³/mol. The van der Waals surface area contributed by atoms with E-state index in [1.807, 2.05) is 0 Å². The zero-order chi connectivity index (χ0) is 14.1. The number of aromatic amines is 1. The van der Waals surface area contributed by atoms with Gasteiger partial charge in [0.25, 0.3) is 0 Å². The van der Waals surface area contributed by atoms with Crippen LogP contribution in [0.5, 0.6) is 0 Å². The molecule has 0 aliphatic carbocycles. The van der Waals surface area contributed by atoms with Crippen LogP contribution in [-0.4, -0.2) is 15.2 Å². The number of hydrogen-bond donors (Lipinski definition) is 2. The number of aromatic nitrogens is 3. The lowest BCUT2D eigenvalue weighted by atomic mass is 10.1. The van der Waals surface area contributed by atoms with Crippen molar-refractivity contribution in [1.29, 1.82) is 0 Å². The van der Waals surface area contributed by atoms with Crippen molar-refractivity contribution in [3.8, 4) is 22.8 Å². The van der Waals surface area contributed by atoms with Gasteiger partial charge in [-0.3, -0.25) is 5.10 Å². The number of halogens is 2. The molecule has 0 amide bonds. The molecule has 1 heterocycles. The van der Waals surface area contributed by atoms with E-state index in [1.54, 1.807) is 30.3 Å². The highest BCUT2D eigenvalue weighted by Gasteiger charge is 2.10. The molecule has 0 aliphatic rings. The largest absolute Gasteiger partial charge is 0.398 e. The Labute approximate surface area is 119 Å². The third kappa shape index (κ3) is 2.35. The SMILES string of the molecule is Nc1ccc(Cl)cc1-c1nc(-c2ccc(F)cc2)n[nH]1. The summed E-state index contributed by atoms with van der Waals surface area (Å²) in [5.41, 5.74) is 7.84. The highest BCUT2D eigenvalue weighted by atomic mass is 35.5. The predicted octanol–water partition coefficient (Wildman–Crippen LogP) is 3.51. The van der Waals surface area contributed by atoms with Crippen LogP contribution >= 0.6 is 11.6 Å². The first-order valence-corrected chi connectivity index (χ1v) is 6.25. The number of anilines is 1. The molecule has 0 fully saturated rings. The Morgan fingerprint density at radius 2 is 1.85 bits per heavy atom. The first-order chi connectivity index (χ1) is 9.63. The molecular weight excluding hydrogens is 279 g/mol. The summed E-state index contributed by atoms with van der Waals surface area (Å²) >= 11 is 5.95. The summed E-state index contributed by atoms with van der Waals surface area (Å²) < 4.78 is 12.9. The van der Waals surface area contributed by atoms with Crippen molar-refractivity contribution >= 4 is 17.3 Å². The Kier molecular flexibility index (Phi) is 3.12. The van der Waals surface area contributed by atoms with E-state index in [2.05, 4.69) is 15.2 Å². The molecule has 0 unspecified atom stereocenters. The number of nitrogens with one attached hydrogen (secondary N) is 1. The minimum atomic E-state index is -0.302. The molecule has 20 heavy (non-hydrogen) atoms. The third-order valence-electron chi connectivity index (χ3n) is 2.86. The number of nitrogens with two attached hydrogens (primary N) is 1. The fraction of sp³-hybridized carbons (Fsp3) is 0. The van der Waals surface area contributed by atoms with Crippen LogP contribution in [-0.2, 0) is 0 Å². The molecule has 2 aromatic carbocycles.